The fourth-order valence-electron chi connectivity index (χ4n) is 3.80. The smallest absolute Gasteiger partial charge is 0.271 e. The van der Waals surface area contributed by atoms with E-state index in [2.05, 4.69) is 51.7 Å². The van der Waals surface area contributed by atoms with Gasteiger partial charge in [-0.3, -0.25) is 9.78 Å². The minimum atomic E-state index is 0.164. The summed E-state index contributed by atoms with van der Waals surface area (Å²) >= 11 is 0. The molecule has 1 aliphatic heterocycles. The number of fused-ring (bicyclic) bond motifs is 3. The Morgan fingerprint density at radius 1 is 1.08 bits per heavy atom. The van der Waals surface area contributed by atoms with Crippen LogP contribution in [-0.2, 0) is 6.54 Å². The molecule has 0 radical (unpaired) electrons. The van der Waals surface area contributed by atoms with Crippen LogP contribution in [0.3, 0.4) is 0 Å². The zero-order valence-electron chi connectivity index (χ0n) is 13.7. The van der Waals surface area contributed by atoms with E-state index in [1.54, 1.807) is 0 Å². The molecule has 1 aliphatic carbocycles. The number of benzene rings is 1. The molecule has 24 heavy (non-hydrogen) atoms. The number of aromatic nitrogens is 2. The number of carbonyl (C=O) groups excluding carboxylic acids is 1. The number of hydrogen-bond donors (Lipinski definition) is 0. The molecule has 1 saturated carbocycles. The first-order valence-corrected chi connectivity index (χ1v) is 8.59. The second-order valence-electron chi connectivity index (χ2n) is 6.84. The summed E-state index contributed by atoms with van der Waals surface area (Å²) in [5.74, 6) is 0.164. The molecule has 0 spiro atoms. The van der Waals surface area contributed by atoms with Gasteiger partial charge in [-0.15, -0.1) is 0 Å². The molecule has 5 rings (SSSR count). The number of carbonyl (C=O) groups is 1. The molecule has 2 aromatic heterocycles. The third-order valence-corrected chi connectivity index (χ3v) is 5.18. The third-order valence-electron chi connectivity index (χ3n) is 5.18. The zero-order chi connectivity index (χ0) is 16.3. The molecule has 4 nitrogen and oxygen atoms in total. The normalized spacial score (nSPS) is 17.4. The highest BCUT2D eigenvalue weighted by Gasteiger charge is 2.39. The molecule has 3 heterocycles. The summed E-state index contributed by atoms with van der Waals surface area (Å²) in [6.07, 6.45) is 4.10. The molecule has 120 valence electrons. The standard InChI is InChI=1S/C20H19N3O/c1-13-4-6-14(7-5-13)17-18-16(3-2-10-21-18)23-12-11-22(15-8-9-15)20(24)19(17)23/h2-7,10,15H,8-9,11-12H2,1H3. The van der Waals surface area contributed by atoms with Crippen molar-refractivity contribution in [3.63, 3.8) is 0 Å². The van der Waals surface area contributed by atoms with Gasteiger partial charge in [-0.1, -0.05) is 29.8 Å². The minimum Gasteiger partial charge on any atom is -0.333 e. The Kier molecular flexibility index (Phi) is 2.84. The van der Waals surface area contributed by atoms with Gasteiger partial charge in [0.15, 0.2) is 0 Å². The minimum absolute atomic E-state index is 0.164. The molecular formula is C20H19N3O. The van der Waals surface area contributed by atoms with Crippen molar-refractivity contribution in [1.82, 2.24) is 14.5 Å². The average Bonchev–Trinajstić information content (AvgIpc) is 3.38. The molecule has 0 N–H and O–H groups in total. The fourth-order valence-corrected chi connectivity index (χ4v) is 3.80. The van der Waals surface area contributed by atoms with E-state index < -0.39 is 0 Å². The van der Waals surface area contributed by atoms with Crippen LogP contribution in [0.2, 0.25) is 0 Å². The number of aryl methyl sites for hydroxylation is 1. The molecule has 0 bridgehead atoms. The predicted molar refractivity (Wildman–Crippen MR) is 94.0 cm³/mol. The van der Waals surface area contributed by atoms with E-state index in [1.807, 2.05) is 12.3 Å². The van der Waals surface area contributed by atoms with Crippen molar-refractivity contribution in [1.29, 1.82) is 0 Å². The first-order valence-electron chi connectivity index (χ1n) is 8.59. The molecule has 3 aromatic rings. The lowest BCUT2D eigenvalue weighted by atomic mass is 10.0. The quantitative estimate of drug-likeness (QED) is 0.724. The number of amides is 1. The van der Waals surface area contributed by atoms with E-state index in [4.69, 9.17) is 0 Å². The van der Waals surface area contributed by atoms with Crippen LogP contribution in [0.5, 0.6) is 0 Å². The lowest BCUT2D eigenvalue weighted by Crippen LogP contribution is -2.41. The SMILES string of the molecule is Cc1ccc(-c2c3n(c4cccnc24)CCN(C2CC2)C3=O)cc1. The predicted octanol–water partition coefficient (Wildman–Crippen LogP) is 3.63. The lowest BCUT2D eigenvalue weighted by molar-refractivity contribution is 0.0694. The fraction of sp³-hybridized carbons (Fsp3) is 0.300. The Morgan fingerprint density at radius 3 is 2.62 bits per heavy atom. The van der Waals surface area contributed by atoms with Crippen molar-refractivity contribution in [3.05, 3.63) is 53.9 Å². The third kappa shape index (κ3) is 1.92. The molecule has 0 unspecified atom stereocenters. The van der Waals surface area contributed by atoms with Crippen LogP contribution in [0, 0.1) is 6.92 Å². The second-order valence-corrected chi connectivity index (χ2v) is 6.84. The lowest BCUT2D eigenvalue weighted by Gasteiger charge is -2.29. The van der Waals surface area contributed by atoms with Crippen LogP contribution in [0.4, 0.5) is 0 Å². The molecular weight excluding hydrogens is 298 g/mol. The van der Waals surface area contributed by atoms with Gasteiger partial charge in [0.05, 0.1) is 11.0 Å². The molecule has 1 aromatic carbocycles. The first-order chi connectivity index (χ1) is 11.7. The topological polar surface area (TPSA) is 38.1 Å². The van der Waals surface area contributed by atoms with Crippen molar-refractivity contribution in [2.75, 3.05) is 6.54 Å². The Hall–Kier alpha value is -2.62. The first kappa shape index (κ1) is 13.8. The van der Waals surface area contributed by atoms with Gasteiger partial charge in [0, 0.05) is 30.9 Å². The Balaban J connectivity index is 1.79. The van der Waals surface area contributed by atoms with Gasteiger partial charge in [0.2, 0.25) is 0 Å². The van der Waals surface area contributed by atoms with Crippen molar-refractivity contribution in [2.24, 2.45) is 0 Å². The molecule has 0 atom stereocenters. The maximum atomic E-state index is 13.2. The van der Waals surface area contributed by atoms with E-state index in [0.717, 1.165) is 53.8 Å². The Bertz CT molecular complexity index is 951. The summed E-state index contributed by atoms with van der Waals surface area (Å²) < 4.78 is 2.17. The molecule has 1 fully saturated rings. The molecule has 2 aliphatic rings. The van der Waals surface area contributed by atoms with Gasteiger partial charge in [-0.05, 0) is 37.5 Å². The highest BCUT2D eigenvalue weighted by molar-refractivity contribution is 6.09. The van der Waals surface area contributed by atoms with Crippen molar-refractivity contribution < 1.29 is 4.79 Å². The van der Waals surface area contributed by atoms with Crippen molar-refractivity contribution >= 4 is 16.9 Å². The van der Waals surface area contributed by atoms with Gasteiger partial charge in [-0.25, -0.2) is 0 Å². The summed E-state index contributed by atoms with van der Waals surface area (Å²) in [5, 5.41) is 0. The summed E-state index contributed by atoms with van der Waals surface area (Å²) in [5.41, 5.74) is 6.08. The largest absolute Gasteiger partial charge is 0.333 e. The van der Waals surface area contributed by atoms with Crippen LogP contribution in [0.15, 0.2) is 42.6 Å². The second kappa shape index (κ2) is 4.94. The van der Waals surface area contributed by atoms with Gasteiger partial charge in [0.1, 0.15) is 5.69 Å². The van der Waals surface area contributed by atoms with Crippen LogP contribution >= 0.6 is 0 Å². The average molecular weight is 317 g/mol. The highest BCUT2D eigenvalue weighted by atomic mass is 16.2. The zero-order valence-corrected chi connectivity index (χ0v) is 13.7. The molecule has 0 saturated heterocycles. The molecule has 1 amide bonds. The summed E-state index contributed by atoms with van der Waals surface area (Å²) in [4.78, 5) is 19.9. The van der Waals surface area contributed by atoms with E-state index in [-0.39, 0.29) is 5.91 Å². The van der Waals surface area contributed by atoms with E-state index in [0.29, 0.717) is 6.04 Å². The maximum absolute atomic E-state index is 13.2. The van der Waals surface area contributed by atoms with Crippen LogP contribution in [0.25, 0.3) is 22.2 Å². The number of hydrogen-bond acceptors (Lipinski definition) is 2. The summed E-state index contributed by atoms with van der Waals surface area (Å²) in [7, 11) is 0. The van der Waals surface area contributed by atoms with Crippen LogP contribution in [0.1, 0.15) is 28.9 Å². The van der Waals surface area contributed by atoms with Gasteiger partial charge >= 0.3 is 0 Å². The van der Waals surface area contributed by atoms with Gasteiger partial charge in [-0.2, -0.15) is 0 Å². The van der Waals surface area contributed by atoms with E-state index >= 15 is 0 Å². The summed E-state index contributed by atoms with van der Waals surface area (Å²) in [6, 6.07) is 12.9. The van der Waals surface area contributed by atoms with Crippen molar-refractivity contribution in [2.45, 2.75) is 32.4 Å². The van der Waals surface area contributed by atoms with Gasteiger partial charge in [0.25, 0.3) is 5.91 Å². The van der Waals surface area contributed by atoms with Gasteiger partial charge < -0.3 is 9.47 Å². The summed E-state index contributed by atoms with van der Waals surface area (Å²) in [6.45, 7) is 3.74. The van der Waals surface area contributed by atoms with Crippen LogP contribution in [-0.4, -0.2) is 32.9 Å². The van der Waals surface area contributed by atoms with E-state index in [1.165, 1.54) is 5.56 Å². The maximum Gasteiger partial charge on any atom is 0.271 e. The van der Waals surface area contributed by atoms with Crippen molar-refractivity contribution in [3.8, 4) is 11.1 Å². The van der Waals surface area contributed by atoms with E-state index in [9.17, 15) is 4.79 Å². The monoisotopic (exact) mass is 317 g/mol. The molecule has 4 heteroatoms. The number of pyridine rings is 1. The Morgan fingerprint density at radius 2 is 1.88 bits per heavy atom. The van der Waals surface area contributed by atoms with Crippen LogP contribution < -0.4 is 0 Å². The number of nitrogens with zero attached hydrogens (tertiary/aromatic N) is 3. The highest BCUT2D eigenvalue weighted by Crippen LogP contribution is 2.38. The Labute approximate surface area is 140 Å². The number of rotatable bonds is 2.